The summed E-state index contributed by atoms with van der Waals surface area (Å²) in [6.07, 6.45) is 3.09. The number of amides is 1. The van der Waals surface area contributed by atoms with Gasteiger partial charge in [0, 0.05) is 31.1 Å². The third-order valence-electron chi connectivity index (χ3n) is 5.25. The predicted octanol–water partition coefficient (Wildman–Crippen LogP) is 3.06. The van der Waals surface area contributed by atoms with E-state index in [1.807, 2.05) is 24.8 Å². The van der Waals surface area contributed by atoms with Gasteiger partial charge in [0.25, 0.3) is 0 Å². The summed E-state index contributed by atoms with van der Waals surface area (Å²) >= 11 is 0. The van der Waals surface area contributed by atoms with Gasteiger partial charge in [-0.25, -0.2) is 4.79 Å². The van der Waals surface area contributed by atoms with Crippen molar-refractivity contribution < 1.29 is 14.7 Å². The van der Waals surface area contributed by atoms with Gasteiger partial charge in [-0.3, -0.25) is 9.89 Å². The Morgan fingerprint density at radius 2 is 2.15 bits per heavy atom. The van der Waals surface area contributed by atoms with Crippen LogP contribution in [0.25, 0.3) is 0 Å². The van der Waals surface area contributed by atoms with Crippen molar-refractivity contribution in [2.45, 2.75) is 45.4 Å². The summed E-state index contributed by atoms with van der Waals surface area (Å²) in [7, 11) is 0. The molecule has 138 valence electrons. The fraction of sp³-hybridized carbons (Fsp3) is 0.450. The lowest BCUT2D eigenvalue weighted by Crippen LogP contribution is -2.39. The van der Waals surface area contributed by atoms with E-state index in [-0.39, 0.29) is 11.8 Å². The molecule has 0 spiro atoms. The minimum absolute atomic E-state index is 0.157. The Kier molecular flexibility index (Phi) is 5.40. The number of likely N-dealkylation sites (tertiary alicyclic amines) is 1. The second kappa shape index (κ2) is 7.72. The van der Waals surface area contributed by atoms with Gasteiger partial charge in [0.15, 0.2) is 0 Å². The minimum atomic E-state index is -0.915. The van der Waals surface area contributed by atoms with Crippen LogP contribution in [0.5, 0.6) is 0 Å². The van der Waals surface area contributed by atoms with E-state index >= 15 is 0 Å². The number of nitrogens with zero attached hydrogens (tertiary/aromatic N) is 2. The van der Waals surface area contributed by atoms with Gasteiger partial charge in [-0.15, -0.1) is 0 Å². The fourth-order valence-electron chi connectivity index (χ4n) is 3.73. The predicted molar refractivity (Wildman–Crippen MR) is 98.3 cm³/mol. The van der Waals surface area contributed by atoms with Crippen molar-refractivity contribution in [3.63, 3.8) is 0 Å². The Balaban J connectivity index is 1.63. The lowest BCUT2D eigenvalue weighted by molar-refractivity contribution is -0.132. The number of carbonyl (C=O) groups is 2. The maximum Gasteiger partial charge on any atom is 0.335 e. The number of aromatic amines is 1. The van der Waals surface area contributed by atoms with Crippen molar-refractivity contribution in [3.05, 3.63) is 52.3 Å². The van der Waals surface area contributed by atoms with E-state index in [4.69, 9.17) is 0 Å². The molecule has 2 N–H and O–H groups in total. The number of aromatic nitrogens is 2. The van der Waals surface area contributed by atoms with Gasteiger partial charge in [-0.05, 0) is 56.4 Å². The molecule has 1 saturated heterocycles. The van der Waals surface area contributed by atoms with Gasteiger partial charge in [-0.1, -0.05) is 12.1 Å². The number of hydrogen-bond acceptors (Lipinski definition) is 3. The maximum absolute atomic E-state index is 12.7. The second-order valence-corrected chi connectivity index (χ2v) is 7.02. The van der Waals surface area contributed by atoms with Crippen molar-refractivity contribution in [1.82, 2.24) is 15.1 Å². The molecule has 1 aliphatic heterocycles. The summed E-state index contributed by atoms with van der Waals surface area (Å²) in [4.78, 5) is 25.8. The minimum Gasteiger partial charge on any atom is -0.478 e. The molecule has 1 aromatic carbocycles. The maximum atomic E-state index is 12.7. The van der Waals surface area contributed by atoms with Crippen molar-refractivity contribution >= 4 is 11.9 Å². The zero-order valence-corrected chi connectivity index (χ0v) is 15.3. The first-order valence-corrected chi connectivity index (χ1v) is 9.07. The number of nitrogens with one attached hydrogen (secondary N) is 1. The van der Waals surface area contributed by atoms with E-state index in [0.29, 0.717) is 24.9 Å². The van der Waals surface area contributed by atoms with Crippen LogP contribution in [0.2, 0.25) is 0 Å². The smallest absolute Gasteiger partial charge is 0.335 e. The molecule has 1 unspecified atom stereocenters. The van der Waals surface area contributed by atoms with E-state index < -0.39 is 5.97 Å². The lowest BCUT2D eigenvalue weighted by Gasteiger charge is -2.33. The number of carbonyl (C=O) groups excluding carboxylic acids is 1. The van der Waals surface area contributed by atoms with Gasteiger partial charge < -0.3 is 10.0 Å². The van der Waals surface area contributed by atoms with E-state index in [1.54, 1.807) is 18.2 Å². The van der Waals surface area contributed by atoms with Crippen LogP contribution in [0.3, 0.4) is 0 Å². The zero-order chi connectivity index (χ0) is 18.7. The zero-order valence-electron chi connectivity index (χ0n) is 15.3. The van der Waals surface area contributed by atoms with Gasteiger partial charge >= 0.3 is 5.97 Å². The molecule has 6 heteroatoms. The molecule has 6 nitrogen and oxygen atoms in total. The van der Waals surface area contributed by atoms with Crippen LogP contribution in [-0.4, -0.2) is 45.2 Å². The van der Waals surface area contributed by atoms with E-state index in [9.17, 15) is 14.7 Å². The Hall–Kier alpha value is -2.63. The van der Waals surface area contributed by atoms with Crippen LogP contribution in [-0.2, 0) is 11.2 Å². The quantitative estimate of drug-likeness (QED) is 0.863. The topological polar surface area (TPSA) is 86.3 Å². The normalized spacial score (nSPS) is 17.3. The van der Waals surface area contributed by atoms with Gasteiger partial charge in [-0.2, -0.15) is 5.10 Å². The molecule has 3 rings (SSSR count). The Morgan fingerprint density at radius 1 is 1.35 bits per heavy atom. The number of piperidine rings is 1. The number of rotatable bonds is 5. The van der Waals surface area contributed by atoms with E-state index in [2.05, 4.69) is 10.2 Å². The second-order valence-electron chi connectivity index (χ2n) is 7.02. The molecule has 0 bridgehead atoms. The lowest BCUT2D eigenvalue weighted by atomic mass is 9.89. The Morgan fingerprint density at radius 3 is 2.85 bits per heavy atom. The molecule has 0 radical (unpaired) electrons. The van der Waals surface area contributed by atoms with Crippen molar-refractivity contribution in [3.8, 4) is 0 Å². The third kappa shape index (κ3) is 3.95. The summed E-state index contributed by atoms with van der Waals surface area (Å²) in [5.74, 6) is -0.560. The highest BCUT2D eigenvalue weighted by atomic mass is 16.4. The fourth-order valence-corrected chi connectivity index (χ4v) is 3.73. The number of H-pyrrole nitrogens is 1. The Labute approximate surface area is 153 Å². The van der Waals surface area contributed by atoms with Crippen molar-refractivity contribution in [2.75, 3.05) is 13.1 Å². The molecule has 26 heavy (non-hydrogen) atoms. The first kappa shape index (κ1) is 18.2. The molecule has 1 fully saturated rings. The van der Waals surface area contributed by atoms with Crippen LogP contribution in [0.4, 0.5) is 0 Å². The van der Waals surface area contributed by atoms with Crippen LogP contribution >= 0.6 is 0 Å². The molecule has 1 amide bonds. The van der Waals surface area contributed by atoms with E-state index in [1.165, 1.54) is 0 Å². The Bertz CT molecular complexity index is 793. The summed E-state index contributed by atoms with van der Waals surface area (Å²) in [5.41, 5.74) is 4.41. The third-order valence-corrected chi connectivity index (χ3v) is 5.25. The van der Waals surface area contributed by atoms with Crippen molar-refractivity contribution in [1.29, 1.82) is 0 Å². The molecule has 1 aliphatic rings. The van der Waals surface area contributed by atoms with Crippen LogP contribution in [0.1, 0.15) is 58.1 Å². The highest BCUT2D eigenvalue weighted by Crippen LogP contribution is 2.28. The molecule has 1 atom stereocenters. The number of carboxylic acids is 1. The SMILES string of the molecule is Cc1n[nH]c(C)c1CCC(=O)N1CCCC(c2cccc(C(=O)O)c2)C1. The highest BCUT2D eigenvalue weighted by molar-refractivity contribution is 5.87. The molecular weight excluding hydrogens is 330 g/mol. The average Bonchev–Trinajstić information content (AvgIpc) is 2.97. The number of carboxylic acid groups (broad SMARTS) is 1. The number of hydrogen-bond donors (Lipinski definition) is 2. The van der Waals surface area contributed by atoms with E-state index in [0.717, 1.165) is 41.9 Å². The van der Waals surface area contributed by atoms with Gasteiger partial charge in [0.2, 0.25) is 5.91 Å². The molecule has 2 aromatic rings. The van der Waals surface area contributed by atoms with Crippen molar-refractivity contribution in [2.24, 2.45) is 0 Å². The first-order valence-electron chi connectivity index (χ1n) is 9.07. The summed E-state index contributed by atoms with van der Waals surface area (Å²) in [6.45, 7) is 5.37. The first-order chi connectivity index (χ1) is 12.5. The largest absolute Gasteiger partial charge is 0.478 e. The number of benzene rings is 1. The van der Waals surface area contributed by atoms with Crippen LogP contribution in [0, 0.1) is 13.8 Å². The molecule has 0 aliphatic carbocycles. The summed E-state index contributed by atoms with van der Waals surface area (Å²) in [5, 5.41) is 16.3. The summed E-state index contributed by atoms with van der Waals surface area (Å²) in [6, 6.07) is 7.08. The number of aryl methyl sites for hydroxylation is 2. The monoisotopic (exact) mass is 355 g/mol. The molecule has 2 heterocycles. The van der Waals surface area contributed by atoms with Crippen LogP contribution < -0.4 is 0 Å². The molecular formula is C20H25N3O3. The van der Waals surface area contributed by atoms with Gasteiger partial charge in [0.1, 0.15) is 0 Å². The number of aromatic carboxylic acids is 1. The van der Waals surface area contributed by atoms with Crippen LogP contribution in [0.15, 0.2) is 24.3 Å². The summed E-state index contributed by atoms with van der Waals surface area (Å²) < 4.78 is 0. The van der Waals surface area contributed by atoms with Gasteiger partial charge in [0.05, 0.1) is 11.3 Å². The average molecular weight is 355 g/mol. The standard InChI is InChI=1S/C20H25N3O3/c1-13-18(14(2)22-21-13)8-9-19(24)23-10-4-7-17(12-23)15-5-3-6-16(11-15)20(25)26/h3,5-6,11,17H,4,7-10,12H2,1-2H3,(H,21,22)(H,25,26). The molecule has 1 aromatic heterocycles. The highest BCUT2D eigenvalue weighted by Gasteiger charge is 2.25. The molecule has 0 saturated carbocycles.